The first-order chi connectivity index (χ1) is 11.5. The van der Waals surface area contributed by atoms with E-state index in [4.69, 9.17) is 0 Å². The van der Waals surface area contributed by atoms with Crippen molar-refractivity contribution in [3.8, 4) is 5.75 Å². The lowest BCUT2D eigenvalue weighted by Crippen LogP contribution is -2.37. The molecule has 2 heterocycles. The molecule has 0 unspecified atom stereocenters. The molecule has 124 valence electrons. The first kappa shape index (κ1) is 15.7. The van der Waals surface area contributed by atoms with Crippen LogP contribution in [-0.4, -0.2) is 36.6 Å². The van der Waals surface area contributed by atoms with Crippen molar-refractivity contribution in [3.63, 3.8) is 0 Å². The molecule has 3 aromatic rings. The van der Waals surface area contributed by atoms with Crippen LogP contribution in [0.1, 0.15) is 5.56 Å². The minimum absolute atomic E-state index is 0.165. The second-order valence-corrected chi connectivity index (χ2v) is 5.41. The Bertz CT molecular complexity index is 1040. The lowest BCUT2D eigenvalue weighted by molar-refractivity contribution is 0.474. The molecule has 0 atom stereocenters. The summed E-state index contributed by atoms with van der Waals surface area (Å²) in [6.07, 6.45) is 3.11. The van der Waals surface area contributed by atoms with E-state index in [1.807, 2.05) is 6.07 Å². The third-order valence-corrected chi connectivity index (χ3v) is 3.85. The van der Waals surface area contributed by atoms with Gasteiger partial charge in [0.1, 0.15) is 5.75 Å². The number of imidazole rings is 1. The van der Waals surface area contributed by atoms with Gasteiger partial charge in [-0.05, 0) is 12.1 Å². The van der Waals surface area contributed by atoms with Crippen LogP contribution in [0.4, 0.5) is 0 Å². The topological polar surface area (TPSA) is 94.4 Å². The molecule has 8 heteroatoms. The molecule has 0 aliphatic rings. The zero-order valence-electron chi connectivity index (χ0n) is 13.4. The number of hydrogen-bond donors (Lipinski definition) is 1. The highest BCUT2D eigenvalue weighted by molar-refractivity contribution is 5.83. The zero-order valence-corrected chi connectivity index (χ0v) is 13.4. The van der Waals surface area contributed by atoms with Gasteiger partial charge in [0.05, 0.1) is 12.9 Å². The molecule has 2 aromatic heterocycles. The second-order valence-electron chi connectivity index (χ2n) is 5.41. The number of hydrogen-bond acceptors (Lipinski definition) is 5. The number of rotatable bonds is 4. The van der Waals surface area contributed by atoms with E-state index in [2.05, 4.69) is 9.98 Å². The van der Waals surface area contributed by atoms with Crippen molar-refractivity contribution in [2.45, 2.75) is 6.54 Å². The maximum absolute atomic E-state index is 12.3. The van der Waals surface area contributed by atoms with Crippen LogP contribution in [0.25, 0.3) is 11.2 Å². The minimum Gasteiger partial charge on any atom is -0.507 e. The molecule has 1 aromatic carbocycles. The molecule has 24 heavy (non-hydrogen) atoms. The molecular weight excluding hydrogens is 310 g/mol. The Morgan fingerprint density at radius 2 is 1.96 bits per heavy atom. The molecule has 3 rings (SSSR count). The number of para-hydroxylation sites is 1. The van der Waals surface area contributed by atoms with E-state index in [1.54, 1.807) is 36.0 Å². The lowest BCUT2D eigenvalue weighted by Gasteiger charge is -2.05. The number of phenols is 1. The predicted octanol–water partition coefficient (Wildman–Crippen LogP) is 0.258. The van der Waals surface area contributed by atoms with Gasteiger partial charge in [-0.2, -0.15) is 0 Å². The van der Waals surface area contributed by atoms with E-state index in [0.717, 1.165) is 4.57 Å². The summed E-state index contributed by atoms with van der Waals surface area (Å²) in [4.78, 5) is 32.6. The Balaban J connectivity index is 1.86. The minimum atomic E-state index is -0.407. The van der Waals surface area contributed by atoms with Gasteiger partial charge in [-0.25, -0.2) is 9.78 Å². The number of aromatic hydroxyl groups is 1. The van der Waals surface area contributed by atoms with Crippen LogP contribution in [0.3, 0.4) is 0 Å². The molecule has 0 spiro atoms. The van der Waals surface area contributed by atoms with Gasteiger partial charge in [0.2, 0.25) is 0 Å². The molecule has 0 amide bonds. The largest absolute Gasteiger partial charge is 0.507 e. The third kappa shape index (κ3) is 2.62. The monoisotopic (exact) mass is 327 g/mol. The summed E-state index contributed by atoms with van der Waals surface area (Å²) in [6, 6.07) is 6.91. The van der Waals surface area contributed by atoms with Crippen molar-refractivity contribution >= 4 is 17.4 Å². The van der Waals surface area contributed by atoms with Crippen molar-refractivity contribution in [2.75, 3.05) is 6.54 Å². The molecule has 0 saturated heterocycles. The summed E-state index contributed by atoms with van der Waals surface area (Å²) in [5.41, 5.74) is 0.571. The average Bonchev–Trinajstić information content (AvgIpc) is 3.00. The average molecular weight is 327 g/mol. The van der Waals surface area contributed by atoms with E-state index in [0.29, 0.717) is 29.8 Å². The van der Waals surface area contributed by atoms with Crippen LogP contribution in [0.2, 0.25) is 0 Å². The highest BCUT2D eigenvalue weighted by Gasteiger charge is 2.13. The summed E-state index contributed by atoms with van der Waals surface area (Å²) in [6.45, 7) is 0.847. The third-order valence-electron chi connectivity index (χ3n) is 3.85. The second kappa shape index (κ2) is 6.15. The first-order valence-electron chi connectivity index (χ1n) is 7.39. The van der Waals surface area contributed by atoms with Gasteiger partial charge in [0, 0.05) is 32.4 Å². The molecule has 0 saturated carbocycles. The smallest absolute Gasteiger partial charge is 0.332 e. The summed E-state index contributed by atoms with van der Waals surface area (Å²) in [5.74, 6) is 0.165. The fourth-order valence-corrected chi connectivity index (χ4v) is 2.49. The van der Waals surface area contributed by atoms with Gasteiger partial charge in [0.25, 0.3) is 5.56 Å². The fourth-order valence-electron chi connectivity index (χ4n) is 2.49. The normalized spacial score (nSPS) is 11.6. The van der Waals surface area contributed by atoms with Gasteiger partial charge < -0.3 is 9.67 Å². The molecule has 0 bridgehead atoms. The number of aryl methyl sites for hydroxylation is 1. The fraction of sp³-hybridized carbons (Fsp3) is 0.250. The van der Waals surface area contributed by atoms with Crippen molar-refractivity contribution < 1.29 is 5.11 Å². The Kier molecular flexibility index (Phi) is 4.03. The van der Waals surface area contributed by atoms with Crippen LogP contribution in [0, 0.1) is 0 Å². The maximum Gasteiger partial charge on any atom is 0.332 e. The first-order valence-corrected chi connectivity index (χ1v) is 7.39. The molecule has 0 fully saturated rings. The van der Waals surface area contributed by atoms with Crippen LogP contribution in [0.5, 0.6) is 5.75 Å². The zero-order chi connectivity index (χ0) is 17.3. The highest BCUT2D eigenvalue weighted by atomic mass is 16.3. The van der Waals surface area contributed by atoms with Crippen molar-refractivity contribution in [1.29, 1.82) is 0 Å². The summed E-state index contributed by atoms with van der Waals surface area (Å²) < 4.78 is 4.09. The SMILES string of the molecule is Cn1c(=O)c2c(ncn2CCN=Cc2ccccc2O)n(C)c1=O. The van der Waals surface area contributed by atoms with Crippen LogP contribution in [0.15, 0.2) is 45.2 Å². The maximum atomic E-state index is 12.3. The van der Waals surface area contributed by atoms with Crippen LogP contribution < -0.4 is 11.2 Å². The summed E-state index contributed by atoms with van der Waals surface area (Å²) >= 11 is 0. The number of aromatic nitrogens is 4. The summed E-state index contributed by atoms with van der Waals surface area (Å²) in [5, 5.41) is 9.68. The molecular formula is C16H17N5O3. The van der Waals surface area contributed by atoms with Crippen molar-refractivity contribution in [3.05, 3.63) is 57.0 Å². The van der Waals surface area contributed by atoms with E-state index >= 15 is 0 Å². The Morgan fingerprint density at radius 3 is 2.71 bits per heavy atom. The number of fused-ring (bicyclic) bond motifs is 1. The van der Waals surface area contributed by atoms with E-state index in [-0.39, 0.29) is 11.3 Å². The van der Waals surface area contributed by atoms with Crippen molar-refractivity contribution in [2.24, 2.45) is 19.1 Å². The van der Waals surface area contributed by atoms with Gasteiger partial charge in [-0.1, -0.05) is 12.1 Å². The number of aliphatic imine (C=N–C) groups is 1. The molecule has 0 radical (unpaired) electrons. The van der Waals surface area contributed by atoms with Gasteiger partial charge in [0.15, 0.2) is 11.2 Å². The quantitative estimate of drug-likeness (QED) is 0.695. The molecule has 8 nitrogen and oxygen atoms in total. The van der Waals surface area contributed by atoms with Gasteiger partial charge in [-0.3, -0.25) is 18.9 Å². The van der Waals surface area contributed by atoms with Crippen LogP contribution in [-0.2, 0) is 20.6 Å². The van der Waals surface area contributed by atoms with Crippen LogP contribution >= 0.6 is 0 Å². The Labute approximate surface area is 137 Å². The van der Waals surface area contributed by atoms with Crippen molar-refractivity contribution in [1.82, 2.24) is 18.7 Å². The Hall–Kier alpha value is -3.16. The molecule has 0 aliphatic carbocycles. The lowest BCUT2D eigenvalue weighted by atomic mass is 10.2. The highest BCUT2D eigenvalue weighted by Crippen LogP contribution is 2.12. The van der Waals surface area contributed by atoms with Gasteiger partial charge >= 0.3 is 5.69 Å². The summed E-state index contributed by atoms with van der Waals surface area (Å²) in [7, 11) is 3.02. The standard InChI is InChI=1S/C16H17N5O3/c1-19-14-13(15(23)20(2)16(19)24)21(10-18-14)8-7-17-9-11-5-3-4-6-12(11)22/h3-6,9-10,22H,7-8H2,1-2H3. The number of nitrogens with zero attached hydrogens (tertiary/aromatic N) is 5. The molecule has 1 N–H and O–H groups in total. The Morgan fingerprint density at radius 1 is 1.21 bits per heavy atom. The number of phenolic OH excluding ortho intramolecular Hbond substituents is 1. The predicted molar refractivity (Wildman–Crippen MR) is 90.8 cm³/mol. The van der Waals surface area contributed by atoms with E-state index < -0.39 is 5.69 Å². The van der Waals surface area contributed by atoms with E-state index in [9.17, 15) is 14.7 Å². The molecule has 0 aliphatic heterocycles. The van der Waals surface area contributed by atoms with Gasteiger partial charge in [-0.15, -0.1) is 0 Å². The van der Waals surface area contributed by atoms with E-state index in [1.165, 1.54) is 17.9 Å². The number of benzene rings is 1.